The van der Waals surface area contributed by atoms with Crippen molar-refractivity contribution in [3.05, 3.63) is 0 Å². The SMILES string of the molecule is CCC(CO)C(F)(F)C(C)C. The van der Waals surface area contributed by atoms with E-state index in [0.29, 0.717) is 6.42 Å². The van der Waals surface area contributed by atoms with Crippen molar-refractivity contribution in [3.8, 4) is 0 Å². The molecule has 68 valence electrons. The van der Waals surface area contributed by atoms with Crippen LogP contribution in [0.5, 0.6) is 0 Å². The molecule has 1 atom stereocenters. The van der Waals surface area contributed by atoms with Crippen molar-refractivity contribution in [2.45, 2.75) is 33.1 Å². The van der Waals surface area contributed by atoms with Crippen LogP contribution in [-0.4, -0.2) is 17.6 Å². The average molecular weight is 166 g/mol. The molecule has 0 aliphatic rings. The van der Waals surface area contributed by atoms with E-state index >= 15 is 0 Å². The van der Waals surface area contributed by atoms with Gasteiger partial charge in [0.1, 0.15) is 0 Å². The lowest BCUT2D eigenvalue weighted by atomic mass is 9.91. The summed E-state index contributed by atoms with van der Waals surface area (Å²) in [6.07, 6.45) is 0.321. The smallest absolute Gasteiger partial charge is 0.255 e. The summed E-state index contributed by atoms with van der Waals surface area (Å²) in [5.74, 6) is -4.31. The fraction of sp³-hybridized carbons (Fsp3) is 1.00. The number of rotatable bonds is 4. The van der Waals surface area contributed by atoms with Gasteiger partial charge in [-0.05, 0) is 6.42 Å². The molecule has 11 heavy (non-hydrogen) atoms. The summed E-state index contributed by atoms with van der Waals surface area (Å²) in [5.41, 5.74) is 0. The molecular weight excluding hydrogens is 150 g/mol. The van der Waals surface area contributed by atoms with Crippen molar-refractivity contribution in [1.82, 2.24) is 0 Å². The zero-order chi connectivity index (χ0) is 9.07. The highest BCUT2D eigenvalue weighted by Gasteiger charge is 2.40. The van der Waals surface area contributed by atoms with Gasteiger partial charge in [0.15, 0.2) is 0 Å². The van der Waals surface area contributed by atoms with Crippen molar-refractivity contribution in [2.75, 3.05) is 6.61 Å². The van der Waals surface area contributed by atoms with Crippen LogP contribution < -0.4 is 0 Å². The van der Waals surface area contributed by atoms with E-state index in [4.69, 9.17) is 5.11 Å². The molecule has 0 amide bonds. The minimum Gasteiger partial charge on any atom is -0.396 e. The third-order valence-electron chi connectivity index (χ3n) is 2.03. The summed E-state index contributed by atoms with van der Waals surface area (Å²) in [7, 11) is 0. The molecule has 1 N–H and O–H groups in total. The lowest BCUT2D eigenvalue weighted by molar-refractivity contribution is -0.113. The summed E-state index contributed by atoms with van der Waals surface area (Å²) in [5, 5.41) is 8.63. The van der Waals surface area contributed by atoms with Gasteiger partial charge in [-0.25, -0.2) is 8.78 Å². The van der Waals surface area contributed by atoms with E-state index in [9.17, 15) is 8.78 Å². The first-order valence-corrected chi connectivity index (χ1v) is 3.95. The van der Waals surface area contributed by atoms with Gasteiger partial charge in [-0.15, -0.1) is 0 Å². The van der Waals surface area contributed by atoms with Gasteiger partial charge in [-0.1, -0.05) is 20.8 Å². The maximum absolute atomic E-state index is 13.1. The summed E-state index contributed by atoms with van der Waals surface area (Å²) >= 11 is 0. The van der Waals surface area contributed by atoms with Crippen molar-refractivity contribution in [3.63, 3.8) is 0 Å². The van der Waals surface area contributed by atoms with Crippen LogP contribution in [0.2, 0.25) is 0 Å². The Morgan fingerprint density at radius 2 is 1.82 bits per heavy atom. The Hall–Kier alpha value is -0.180. The number of halogens is 2. The molecule has 0 aromatic carbocycles. The van der Waals surface area contributed by atoms with Crippen molar-refractivity contribution in [2.24, 2.45) is 11.8 Å². The van der Waals surface area contributed by atoms with Crippen LogP contribution in [0.4, 0.5) is 8.78 Å². The number of hydrogen-bond acceptors (Lipinski definition) is 1. The van der Waals surface area contributed by atoms with Crippen molar-refractivity contribution >= 4 is 0 Å². The number of aliphatic hydroxyl groups excluding tert-OH is 1. The molecule has 0 aromatic heterocycles. The Bertz CT molecular complexity index is 109. The quantitative estimate of drug-likeness (QED) is 0.679. The van der Waals surface area contributed by atoms with Crippen molar-refractivity contribution < 1.29 is 13.9 Å². The Balaban J connectivity index is 4.24. The molecule has 0 fully saturated rings. The molecule has 0 aliphatic heterocycles. The van der Waals surface area contributed by atoms with Crippen LogP contribution in [0.3, 0.4) is 0 Å². The lowest BCUT2D eigenvalue weighted by Crippen LogP contribution is -2.35. The van der Waals surface area contributed by atoms with Crippen LogP contribution in [0.25, 0.3) is 0 Å². The Labute approximate surface area is 66.4 Å². The van der Waals surface area contributed by atoms with E-state index in [1.165, 1.54) is 13.8 Å². The van der Waals surface area contributed by atoms with Gasteiger partial charge in [-0.3, -0.25) is 0 Å². The van der Waals surface area contributed by atoms with Crippen LogP contribution in [0.1, 0.15) is 27.2 Å². The molecule has 0 aromatic rings. The monoisotopic (exact) mass is 166 g/mol. The molecule has 0 rings (SSSR count). The molecule has 0 aliphatic carbocycles. The third-order valence-corrected chi connectivity index (χ3v) is 2.03. The minimum absolute atomic E-state index is 0.321. The highest BCUT2D eigenvalue weighted by atomic mass is 19.3. The van der Waals surface area contributed by atoms with Gasteiger partial charge < -0.3 is 5.11 Å². The fourth-order valence-corrected chi connectivity index (χ4v) is 0.994. The van der Waals surface area contributed by atoms with Crippen LogP contribution in [0, 0.1) is 11.8 Å². The van der Waals surface area contributed by atoms with Gasteiger partial charge in [0.25, 0.3) is 5.92 Å². The molecule has 0 spiro atoms. The molecule has 0 saturated heterocycles. The van der Waals surface area contributed by atoms with E-state index < -0.39 is 24.4 Å². The second kappa shape index (κ2) is 4.00. The van der Waals surface area contributed by atoms with Crippen LogP contribution in [0.15, 0.2) is 0 Å². The second-order valence-corrected chi connectivity index (χ2v) is 3.12. The van der Waals surface area contributed by atoms with Crippen LogP contribution >= 0.6 is 0 Å². The molecule has 3 heteroatoms. The average Bonchev–Trinajstić information content (AvgIpc) is 1.89. The topological polar surface area (TPSA) is 20.2 Å². The molecule has 0 heterocycles. The minimum atomic E-state index is -2.73. The maximum atomic E-state index is 13.1. The molecule has 1 nitrogen and oxygen atoms in total. The number of hydrogen-bond donors (Lipinski definition) is 1. The first-order valence-electron chi connectivity index (χ1n) is 3.95. The molecule has 0 radical (unpaired) electrons. The normalized spacial score (nSPS) is 15.5. The standard InChI is InChI=1S/C8H16F2O/c1-4-7(5-11)8(9,10)6(2)3/h6-7,11H,4-5H2,1-3H3. The largest absolute Gasteiger partial charge is 0.396 e. The predicted molar refractivity (Wildman–Crippen MR) is 40.7 cm³/mol. The molecule has 0 saturated carbocycles. The van der Waals surface area contributed by atoms with Gasteiger partial charge in [0, 0.05) is 11.8 Å². The fourth-order valence-electron chi connectivity index (χ4n) is 0.994. The zero-order valence-electron chi connectivity index (χ0n) is 7.27. The number of aliphatic hydroxyl groups is 1. The number of alkyl halides is 2. The van der Waals surface area contributed by atoms with E-state index in [2.05, 4.69) is 0 Å². The van der Waals surface area contributed by atoms with Crippen molar-refractivity contribution in [1.29, 1.82) is 0 Å². The predicted octanol–water partition coefficient (Wildman–Crippen LogP) is 2.30. The summed E-state index contributed by atoms with van der Waals surface area (Å²) in [6.45, 7) is 4.18. The van der Waals surface area contributed by atoms with Gasteiger partial charge >= 0.3 is 0 Å². The highest BCUT2D eigenvalue weighted by Crippen LogP contribution is 2.33. The third kappa shape index (κ3) is 2.40. The zero-order valence-corrected chi connectivity index (χ0v) is 7.27. The lowest BCUT2D eigenvalue weighted by Gasteiger charge is -2.27. The van der Waals surface area contributed by atoms with E-state index in [0.717, 1.165) is 0 Å². The van der Waals surface area contributed by atoms with E-state index in [1.54, 1.807) is 6.92 Å². The maximum Gasteiger partial charge on any atom is 0.255 e. The molecular formula is C8H16F2O. The Kier molecular flexibility index (Phi) is 3.93. The first kappa shape index (κ1) is 10.8. The molecule has 1 unspecified atom stereocenters. The molecule has 0 bridgehead atoms. The van der Waals surface area contributed by atoms with Crippen LogP contribution in [-0.2, 0) is 0 Å². The van der Waals surface area contributed by atoms with E-state index in [-0.39, 0.29) is 0 Å². The van der Waals surface area contributed by atoms with E-state index in [1.807, 2.05) is 0 Å². The first-order chi connectivity index (χ1) is 4.96. The highest BCUT2D eigenvalue weighted by molar-refractivity contribution is 4.78. The van der Waals surface area contributed by atoms with Gasteiger partial charge in [-0.2, -0.15) is 0 Å². The Morgan fingerprint density at radius 1 is 1.36 bits per heavy atom. The second-order valence-electron chi connectivity index (χ2n) is 3.12. The summed E-state index contributed by atoms with van der Waals surface area (Å²) in [4.78, 5) is 0. The Morgan fingerprint density at radius 3 is 1.91 bits per heavy atom. The summed E-state index contributed by atoms with van der Waals surface area (Å²) < 4.78 is 26.1. The summed E-state index contributed by atoms with van der Waals surface area (Å²) in [6, 6.07) is 0. The van der Waals surface area contributed by atoms with Gasteiger partial charge in [0.05, 0.1) is 6.61 Å². The van der Waals surface area contributed by atoms with Gasteiger partial charge in [0.2, 0.25) is 0 Å².